The van der Waals surface area contributed by atoms with E-state index in [1.165, 1.54) is 17.4 Å². The molecule has 0 atom stereocenters. The first-order valence-electron chi connectivity index (χ1n) is 10.6. The van der Waals surface area contributed by atoms with Gasteiger partial charge in [-0.2, -0.15) is 21.0 Å². The Kier molecular flexibility index (Phi) is 7.26. The summed E-state index contributed by atoms with van der Waals surface area (Å²) in [4.78, 5) is 6.51. The molecule has 5 rings (SSSR count). The normalized spacial score (nSPS) is 10.1. The standard InChI is InChI=1S/C28H12N4S5/c29-12-17(13-30)10-19-16-36-26(20(19)11-18(14-31)15-32)28-25(22-5-2-8-34-22)24(21-4-1-7-33-21)27(37-28)23-6-3-9-35-23/h1-11,16H. The van der Waals surface area contributed by atoms with E-state index in [9.17, 15) is 21.0 Å². The average molecular weight is 565 g/mol. The summed E-state index contributed by atoms with van der Waals surface area (Å²) in [5.41, 5.74) is 3.46. The molecule has 0 saturated carbocycles. The van der Waals surface area contributed by atoms with Crippen molar-refractivity contribution in [3.05, 3.63) is 80.2 Å². The zero-order valence-corrected chi connectivity index (χ0v) is 22.8. The summed E-state index contributed by atoms with van der Waals surface area (Å²) >= 11 is 8.20. The van der Waals surface area contributed by atoms with E-state index in [1.807, 2.05) is 47.9 Å². The number of allylic oxidation sites excluding steroid dienone is 2. The summed E-state index contributed by atoms with van der Waals surface area (Å²) in [5.74, 6) is 0. The Morgan fingerprint density at radius 3 is 1.62 bits per heavy atom. The van der Waals surface area contributed by atoms with Crippen LogP contribution in [0.4, 0.5) is 0 Å². The lowest BCUT2D eigenvalue weighted by atomic mass is 10.00. The summed E-state index contributed by atoms with van der Waals surface area (Å²) in [7, 11) is 0. The molecule has 5 heterocycles. The maximum atomic E-state index is 9.50. The first-order chi connectivity index (χ1) is 18.2. The molecular formula is C28H12N4S5. The molecule has 0 aromatic carbocycles. The molecule has 37 heavy (non-hydrogen) atoms. The quantitative estimate of drug-likeness (QED) is 0.192. The minimum atomic E-state index is -0.0454. The molecule has 0 radical (unpaired) electrons. The SMILES string of the molecule is N#CC(C#N)=Cc1csc(-c2sc(-c3cccs3)c(-c3cccs3)c2-c2cccs2)c1C=C(C#N)C#N. The maximum absolute atomic E-state index is 9.50. The van der Waals surface area contributed by atoms with E-state index in [4.69, 9.17) is 0 Å². The third-order valence-corrected chi connectivity index (χ3v) is 10.5. The molecule has 0 fully saturated rings. The molecule has 4 nitrogen and oxygen atoms in total. The highest BCUT2D eigenvalue weighted by atomic mass is 32.1. The van der Waals surface area contributed by atoms with Crippen molar-refractivity contribution in [2.24, 2.45) is 0 Å². The van der Waals surface area contributed by atoms with E-state index < -0.39 is 0 Å². The number of hydrogen-bond donors (Lipinski definition) is 0. The molecule has 5 aromatic heterocycles. The van der Waals surface area contributed by atoms with Gasteiger partial charge in [-0.25, -0.2) is 0 Å². The van der Waals surface area contributed by atoms with E-state index in [0.717, 1.165) is 40.4 Å². The van der Waals surface area contributed by atoms with Gasteiger partial charge in [-0.3, -0.25) is 0 Å². The Morgan fingerprint density at radius 1 is 0.595 bits per heavy atom. The van der Waals surface area contributed by atoms with E-state index in [-0.39, 0.29) is 11.1 Å². The fourth-order valence-corrected chi connectivity index (χ4v) is 8.84. The Balaban J connectivity index is 1.88. The van der Waals surface area contributed by atoms with Gasteiger partial charge in [0.25, 0.3) is 0 Å². The van der Waals surface area contributed by atoms with Crippen LogP contribution >= 0.6 is 56.7 Å². The second kappa shape index (κ2) is 10.9. The highest BCUT2D eigenvalue weighted by Gasteiger charge is 2.27. The molecule has 0 amide bonds. The van der Waals surface area contributed by atoms with Crippen LogP contribution in [0.1, 0.15) is 11.1 Å². The number of nitriles is 4. The molecule has 0 aliphatic carbocycles. The fraction of sp³-hybridized carbons (Fsp3) is 0. The molecule has 0 saturated heterocycles. The second-order valence-corrected chi connectivity index (χ2v) is 12.2. The van der Waals surface area contributed by atoms with Crippen molar-refractivity contribution in [2.75, 3.05) is 0 Å². The molecule has 9 heteroatoms. The van der Waals surface area contributed by atoms with E-state index >= 15 is 0 Å². The summed E-state index contributed by atoms with van der Waals surface area (Å²) in [6.07, 6.45) is 3.06. The van der Waals surface area contributed by atoms with Gasteiger partial charge in [0.1, 0.15) is 35.4 Å². The lowest BCUT2D eigenvalue weighted by Gasteiger charge is -2.07. The molecule has 0 bridgehead atoms. The van der Waals surface area contributed by atoms with Gasteiger partial charge in [0.2, 0.25) is 0 Å². The van der Waals surface area contributed by atoms with E-state index in [0.29, 0.717) is 11.1 Å². The van der Waals surface area contributed by atoms with Gasteiger partial charge < -0.3 is 0 Å². The predicted octanol–water partition coefficient (Wildman–Crippen LogP) is 9.52. The van der Waals surface area contributed by atoms with Gasteiger partial charge in [0.15, 0.2) is 0 Å². The van der Waals surface area contributed by atoms with Crippen LogP contribution in [0, 0.1) is 45.3 Å². The third kappa shape index (κ3) is 4.71. The van der Waals surface area contributed by atoms with Gasteiger partial charge in [-0.1, -0.05) is 18.2 Å². The van der Waals surface area contributed by atoms with Gasteiger partial charge in [-0.15, -0.1) is 56.7 Å². The summed E-state index contributed by atoms with van der Waals surface area (Å²) in [6.45, 7) is 0. The van der Waals surface area contributed by atoms with Crippen LogP contribution in [0.5, 0.6) is 0 Å². The van der Waals surface area contributed by atoms with Crippen LogP contribution in [0.3, 0.4) is 0 Å². The van der Waals surface area contributed by atoms with Crippen molar-refractivity contribution in [1.82, 2.24) is 0 Å². The molecule has 5 aromatic rings. The number of nitrogens with zero attached hydrogens (tertiary/aromatic N) is 4. The number of rotatable bonds is 6. The van der Waals surface area contributed by atoms with Crippen LogP contribution in [0.2, 0.25) is 0 Å². The minimum absolute atomic E-state index is 0.0438. The van der Waals surface area contributed by atoms with Crippen molar-refractivity contribution in [3.8, 4) is 64.7 Å². The van der Waals surface area contributed by atoms with Gasteiger partial charge in [0.05, 0.1) is 14.6 Å². The van der Waals surface area contributed by atoms with Crippen LogP contribution in [-0.4, -0.2) is 0 Å². The largest absolute Gasteiger partial charge is 0.192 e. The molecule has 174 valence electrons. The second-order valence-electron chi connectivity index (χ2n) is 7.44. The molecule has 0 spiro atoms. The summed E-state index contributed by atoms with van der Waals surface area (Å²) in [5, 5.41) is 45.8. The van der Waals surface area contributed by atoms with Crippen LogP contribution < -0.4 is 0 Å². The van der Waals surface area contributed by atoms with Crippen LogP contribution in [0.15, 0.2) is 69.1 Å². The zero-order valence-electron chi connectivity index (χ0n) is 18.8. The summed E-state index contributed by atoms with van der Waals surface area (Å²) in [6, 6.07) is 20.2. The van der Waals surface area contributed by atoms with Gasteiger partial charge in [0, 0.05) is 31.3 Å². The minimum Gasteiger partial charge on any atom is -0.192 e. The molecule has 0 unspecified atom stereocenters. The highest BCUT2D eigenvalue weighted by Crippen LogP contribution is 2.56. The smallest absolute Gasteiger partial charge is 0.130 e. The first-order valence-corrected chi connectivity index (χ1v) is 15.0. The topological polar surface area (TPSA) is 95.2 Å². The highest BCUT2D eigenvalue weighted by molar-refractivity contribution is 7.28. The first kappa shape index (κ1) is 24.6. The van der Waals surface area contributed by atoms with Crippen LogP contribution in [-0.2, 0) is 0 Å². The van der Waals surface area contributed by atoms with Crippen molar-refractivity contribution >= 4 is 68.8 Å². The lowest BCUT2D eigenvalue weighted by Crippen LogP contribution is -1.84. The van der Waals surface area contributed by atoms with Crippen molar-refractivity contribution in [2.45, 2.75) is 0 Å². The predicted molar refractivity (Wildman–Crippen MR) is 156 cm³/mol. The van der Waals surface area contributed by atoms with Crippen LogP contribution in [0.25, 0.3) is 52.5 Å². The van der Waals surface area contributed by atoms with Crippen molar-refractivity contribution in [1.29, 1.82) is 21.0 Å². The molecular weight excluding hydrogens is 553 g/mol. The van der Waals surface area contributed by atoms with Crippen molar-refractivity contribution in [3.63, 3.8) is 0 Å². The third-order valence-electron chi connectivity index (χ3n) is 5.32. The van der Waals surface area contributed by atoms with E-state index in [2.05, 4.69) is 34.3 Å². The Bertz CT molecular complexity index is 1770. The molecule has 0 aliphatic rings. The lowest BCUT2D eigenvalue weighted by molar-refractivity contribution is 1.47. The maximum Gasteiger partial charge on any atom is 0.130 e. The summed E-state index contributed by atoms with van der Waals surface area (Å²) < 4.78 is 0. The number of thiophene rings is 5. The Labute approximate surface area is 233 Å². The van der Waals surface area contributed by atoms with Gasteiger partial charge >= 0.3 is 0 Å². The van der Waals surface area contributed by atoms with Gasteiger partial charge in [-0.05, 0) is 57.4 Å². The fourth-order valence-electron chi connectivity index (χ4n) is 3.78. The Hall–Kier alpha value is -4.06. The average Bonchev–Trinajstić information content (AvgIpc) is 3.74. The zero-order chi connectivity index (χ0) is 25.8. The monoisotopic (exact) mass is 564 g/mol. The molecule has 0 aliphatic heterocycles. The van der Waals surface area contributed by atoms with E-state index in [1.54, 1.807) is 51.4 Å². The Morgan fingerprint density at radius 2 is 1.11 bits per heavy atom. The molecule has 0 N–H and O–H groups in total. The van der Waals surface area contributed by atoms with Crippen molar-refractivity contribution < 1.29 is 0 Å². The number of hydrogen-bond acceptors (Lipinski definition) is 9.